The first-order valence-electron chi connectivity index (χ1n) is 21.9. The lowest BCUT2D eigenvalue weighted by Gasteiger charge is -2.45. The summed E-state index contributed by atoms with van der Waals surface area (Å²) < 4.78 is 0. The van der Waals surface area contributed by atoms with Crippen LogP contribution in [0, 0.1) is 0 Å². The van der Waals surface area contributed by atoms with Gasteiger partial charge in [-0.05, 0) is 65.8 Å². The van der Waals surface area contributed by atoms with Crippen LogP contribution in [0.25, 0.3) is 11.3 Å². The molecular weight excluding hydrogens is 809 g/mol. The molecule has 12 rings (SSSR count). The molecule has 0 atom stereocenters. The van der Waals surface area contributed by atoms with Gasteiger partial charge < -0.3 is 0 Å². The predicted molar refractivity (Wildman–Crippen MR) is 271 cm³/mol. The van der Waals surface area contributed by atoms with Crippen LogP contribution in [0.15, 0.2) is 255 Å². The molecule has 0 bridgehead atoms. The molecule has 302 valence electrons. The minimum Gasteiger partial charge on any atom is -0.295 e. The van der Waals surface area contributed by atoms with Crippen molar-refractivity contribution in [2.45, 2.75) is 0 Å². The molecule has 64 heavy (non-hydrogen) atoms. The summed E-state index contributed by atoms with van der Waals surface area (Å²) in [4.78, 5) is 16.0. The van der Waals surface area contributed by atoms with Gasteiger partial charge in [-0.1, -0.05) is 224 Å². The Morgan fingerprint density at radius 3 is 0.938 bits per heavy atom. The van der Waals surface area contributed by atoms with Crippen LogP contribution >= 0.6 is 0 Å². The highest BCUT2D eigenvalue weighted by molar-refractivity contribution is 7.22. The second kappa shape index (κ2) is 15.5. The van der Waals surface area contributed by atoms with E-state index >= 15 is 0 Å². The molecule has 2 aliphatic rings. The van der Waals surface area contributed by atoms with E-state index < -0.39 is 16.1 Å². The summed E-state index contributed by atoms with van der Waals surface area (Å²) in [6, 6.07) is 93.3. The average Bonchev–Trinajstić information content (AvgIpc) is 3.38. The zero-order valence-electron chi connectivity index (χ0n) is 35.0. The van der Waals surface area contributed by atoms with Gasteiger partial charge in [0.05, 0.1) is 5.69 Å². The van der Waals surface area contributed by atoms with Crippen molar-refractivity contribution in [1.82, 2.24) is 9.97 Å². The number of para-hydroxylation sites is 4. The van der Waals surface area contributed by atoms with Gasteiger partial charge in [0.25, 0.3) is 0 Å². The summed E-state index contributed by atoms with van der Waals surface area (Å²) in [6.07, 6.45) is 0. The first kappa shape index (κ1) is 37.8. The second-order valence-electron chi connectivity index (χ2n) is 16.5. The highest BCUT2D eigenvalue weighted by Crippen LogP contribution is 2.42. The minimum absolute atomic E-state index is 0.620. The molecule has 6 heteroatoms. The van der Waals surface area contributed by atoms with Crippen molar-refractivity contribution in [2.24, 2.45) is 0 Å². The number of rotatable bonds is 7. The quantitative estimate of drug-likeness (QED) is 0.151. The van der Waals surface area contributed by atoms with Gasteiger partial charge in [-0.15, -0.1) is 0 Å². The lowest BCUT2D eigenvalue weighted by molar-refractivity contribution is 1.06. The number of fused-ring (bicyclic) bond motifs is 4. The van der Waals surface area contributed by atoms with E-state index in [2.05, 4.69) is 265 Å². The average molecular weight is 851 g/mol. The van der Waals surface area contributed by atoms with Crippen LogP contribution in [-0.4, -0.2) is 26.1 Å². The van der Waals surface area contributed by atoms with Crippen molar-refractivity contribution in [3.8, 4) is 11.3 Å². The van der Waals surface area contributed by atoms with Crippen molar-refractivity contribution in [1.29, 1.82) is 0 Å². The molecular formula is C58H42N4Si2. The van der Waals surface area contributed by atoms with Crippen LogP contribution in [0.3, 0.4) is 0 Å². The molecule has 0 fully saturated rings. The van der Waals surface area contributed by atoms with Gasteiger partial charge in [0.1, 0.15) is 5.82 Å². The normalized spacial score (nSPS) is 14.1. The molecule has 2 aliphatic heterocycles. The van der Waals surface area contributed by atoms with E-state index in [0.717, 1.165) is 39.8 Å². The number of hydrogen-bond donors (Lipinski definition) is 0. The molecule has 9 aromatic carbocycles. The van der Waals surface area contributed by atoms with Crippen LogP contribution in [0.1, 0.15) is 0 Å². The molecule has 0 N–H and O–H groups in total. The van der Waals surface area contributed by atoms with E-state index in [1.54, 1.807) is 0 Å². The monoisotopic (exact) mass is 850 g/mol. The Kier molecular flexibility index (Phi) is 9.14. The summed E-state index contributed by atoms with van der Waals surface area (Å²) in [5.74, 6) is 1.43. The Morgan fingerprint density at radius 1 is 0.281 bits per heavy atom. The van der Waals surface area contributed by atoms with Crippen LogP contribution in [0.4, 0.5) is 34.5 Å². The summed E-state index contributed by atoms with van der Waals surface area (Å²) in [5, 5.41) is 10.6. The number of nitrogens with zero attached hydrogens (tertiary/aromatic N) is 4. The van der Waals surface area contributed by atoms with Crippen LogP contribution in [0.5, 0.6) is 0 Å². The standard InChI is InChI=1S/C58H42N4Si2/c1-6-24-43(25-7-1)48-42-57(61-49-34-16-20-38-53(49)63(44-26-8-2-9-27-44,45-28-10-3-11-29-45)54-39-21-17-35-50(54)61)60-58(59-48)62-51-36-18-22-40-55(51)64(46-30-12-4-13-31-46,47-32-14-5-15-33-47)56-41-23-19-37-52(56)62/h1-42H. The van der Waals surface area contributed by atoms with Gasteiger partial charge in [-0.2, -0.15) is 4.98 Å². The van der Waals surface area contributed by atoms with E-state index in [0.29, 0.717) is 5.95 Å². The molecule has 10 aromatic rings. The first-order chi connectivity index (χ1) is 31.8. The molecule has 0 spiro atoms. The zero-order chi connectivity index (χ0) is 42.5. The van der Waals surface area contributed by atoms with Crippen molar-refractivity contribution in [3.63, 3.8) is 0 Å². The third-order valence-corrected chi connectivity index (χ3v) is 22.9. The predicted octanol–water partition coefficient (Wildman–Crippen LogP) is 8.46. The maximum absolute atomic E-state index is 5.76. The first-order valence-corrected chi connectivity index (χ1v) is 25.9. The van der Waals surface area contributed by atoms with E-state index in [-0.39, 0.29) is 0 Å². The fourth-order valence-electron chi connectivity index (χ4n) is 10.7. The molecule has 4 nitrogen and oxygen atoms in total. The highest BCUT2D eigenvalue weighted by Gasteiger charge is 2.51. The van der Waals surface area contributed by atoms with E-state index in [1.807, 2.05) is 0 Å². The summed E-state index contributed by atoms with van der Waals surface area (Å²) >= 11 is 0. The molecule has 0 aliphatic carbocycles. The van der Waals surface area contributed by atoms with Gasteiger partial charge in [-0.25, -0.2) is 4.98 Å². The number of anilines is 6. The summed E-state index contributed by atoms with van der Waals surface area (Å²) in [6.45, 7) is 0. The Bertz CT molecular complexity index is 2920. The summed E-state index contributed by atoms with van der Waals surface area (Å²) in [5.41, 5.74) is 6.32. The largest absolute Gasteiger partial charge is 0.295 e. The molecule has 0 saturated carbocycles. The van der Waals surface area contributed by atoms with Gasteiger partial charge in [0.15, 0.2) is 16.1 Å². The second-order valence-corrected chi connectivity index (χ2v) is 23.9. The Balaban J connectivity index is 1.14. The fourth-order valence-corrected chi connectivity index (χ4v) is 20.9. The topological polar surface area (TPSA) is 32.3 Å². The number of aromatic nitrogens is 2. The van der Waals surface area contributed by atoms with Gasteiger partial charge in [0, 0.05) is 34.4 Å². The maximum atomic E-state index is 5.76. The van der Waals surface area contributed by atoms with Crippen LogP contribution in [0.2, 0.25) is 0 Å². The maximum Gasteiger partial charge on any atom is 0.237 e. The Labute approximate surface area is 376 Å². The summed E-state index contributed by atoms with van der Waals surface area (Å²) in [7, 11) is -5.69. The zero-order valence-corrected chi connectivity index (χ0v) is 37.0. The lowest BCUT2D eigenvalue weighted by Crippen LogP contribution is -2.77. The van der Waals surface area contributed by atoms with E-state index in [1.165, 1.54) is 41.5 Å². The Morgan fingerprint density at radius 2 is 0.578 bits per heavy atom. The van der Waals surface area contributed by atoms with Gasteiger partial charge in [0.2, 0.25) is 5.95 Å². The Hall–Kier alpha value is -7.91. The SMILES string of the molecule is c1ccc(-c2cc(N3c4ccccc4[Si](c4ccccc4)(c4ccccc4)c4ccccc43)nc(N3c4ccccc4[Si](c4ccccc4)(c4ccccc4)c4ccccc43)n2)cc1. The van der Waals surface area contributed by atoms with Crippen molar-refractivity contribution in [3.05, 3.63) is 255 Å². The molecule has 0 unspecified atom stereocenters. The smallest absolute Gasteiger partial charge is 0.237 e. The number of benzene rings is 9. The lowest BCUT2D eigenvalue weighted by atomic mass is 10.1. The van der Waals surface area contributed by atoms with E-state index in [9.17, 15) is 0 Å². The fraction of sp³-hybridized carbons (Fsp3) is 0. The third-order valence-electron chi connectivity index (χ3n) is 13.2. The minimum atomic E-state index is -2.85. The molecule has 0 radical (unpaired) electrons. The molecule has 0 amide bonds. The molecule has 1 aromatic heterocycles. The molecule has 0 saturated heterocycles. The van der Waals surface area contributed by atoms with Gasteiger partial charge >= 0.3 is 0 Å². The van der Waals surface area contributed by atoms with Crippen molar-refractivity contribution in [2.75, 3.05) is 9.80 Å². The van der Waals surface area contributed by atoms with Crippen LogP contribution < -0.4 is 51.3 Å². The third kappa shape index (κ3) is 5.66. The van der Waals surface area contributed by atoms with Crippen molar-refractivity contribution < 1.29 is 0 Å². The number of hydrogen-bond acceptors (Lipinski definition) is 4. The van der Waals surface area contributed by atoms with E-state index in [4.69, 9.17) is 9.97 Å². The van der Waals surface area contributed by atoms with Crippen molar-refractivity contribution >= 4 is 92.2 Å². The van der Waals surface area contributed by atoms with Gasteiger partial charge in [-0.3, -0.25) is 9.80 Å². The molecule has 3 heterocycles. The van der Waals surface area contributed by atoms with Crippen LogP contribution in [-0.2, 0) is 0 Å². The highest BCUT2D eigenvalue weighted by atomic mass is 28.3.